The minimum atomic E-state index is 0.0886. The zero-order valence-electron chi connectivity index (χ0n) is 11.8. The Morgan fingerprint density at radius 1 is 1.47 bits per heavy atom. The minimum Gasteiger partial charge on any atom is -0.365 e. The molecule has 104 valence electrons. The van der Waals surface area contributed by atoms with Crippen molar-refractivity contribution in [1.82, 2.24) is 10.6 Å². The first kappa shape index (κ1) is 13.9. The Morgan fingerprint density at radius 2 is 2.32 bits per heavy atom. The highest BCUT2D eigenvalue weighted by atomic mass is 16.2. The van der Waals surface area contributed by atoms with Crippen LogP contribution in [0.25, 0.3) is 0 Å². The van der Waals surface area contributed by atoms with Crippen molar-refractivity contribution in [1.29, 1.82) is 0 Å². The zero-order chi connectivity index (χ0) is 13.7. The maximum Gasteiger partial charge on any atom is 0.239 e. The van der Waals surface area contributed by atoms with E-state index in [-0.39, 0.29) is 5.91 Å². The largest absolute Gasteiger partial charge is 0.365 e. The monoisotopic (exact) mass is 261 g/mol. The van der Waals surface area contributed by atoms with Gasteiger partial charge in [-0.05, 0) is 36.6 Å². The summed E-state index contributed by atoms with van der Waals surface area (Å²) in [7, 11) is 1.98. The van der Waals surface area contributed by atoms with Crippen molar-refractivity contribution in [2.75, 3.05) is 31.6 Å². The van der Waals surface area contributed by atoms with Crippen molar-refractivity contribution < 1.29 is 4.79 Å². The molecular formula is C15H23N3O. The van der Waals surface area contributed by atoms with Crippen molar-refractivity contribution >= 4 is 11.6 Å². The Balaban J connectivity index is 2.06. The number of nitrogens with zero attached hydrogens (tertiary/aromatic N) is 1. The molecule has 0 spiro atoms. The van der Waals surface area contributed by atoms with Crippen LogP contribution in [0.15, 0.2) is 18.2 Å². The van der Waals surface area contributed by atoms with E-state index in [0.717, 1.165) is 38.2 Å². The molecule has 1 amide bonds. The highest BCUT2D eigenvalue weighted by Gasteiger charge is 2.16. The molecule has 4 heteroatoms. The van der Waals surface area contributed by atoms with Gasteiger partial charge in [0.15, 0.2) is 0 Å². The zero-order valence-corrected chi connectivity index (χ0v) is 11.8. The van der Waals surface area contributed by atoms with Crippen LogP contribution in [0.1, 0.15) is 24.5 Å². The second kappa shape index (κ2) is 6.57. The van der Waals surface area contributed by atoms with Crippen LogP contribution >= 0.6 is 0 Å². The number of amides is 1. The molecule has 1 heterocycles. The Morgan fingerprint density at radius 3 is 3.11 bits per heavy atom. The fourth-order valence-corrected chi connectivity index (χ4v) is 2.47. The molecule has 2 rings (SSSR count). The van der Waals surface area contributed by atoms with Crippen LogP contribution < -0.4 is 15.5 Å². The number of carbonyl (C=O) groups excluding carboxylic acids is 1. The van der Waals surface area contributed by atoms with Crippen LogP contribution in [0.5, 0.6) is 0 Å². The molecule has 19 heavy (non-hydrogen) atoms. The number of hydrogen-bond donors (Lipinski definition) is 2. The summed E-state index contributed by atoms with van der Waals surface area (Å²) in [6.45, 7) is 5.16. The number of likely N-dealkylation sites (N-methyl/N-ethyl adjacent to an activating group) is 1. The number of hydrogen-bond acceptors (Lipinski definition) is 3. The van der Waals surface area contributed by atoms with Gasteiger partial charge in [-0.1, -0.05) is 19.1 Å². The van der Waals surface area contributed by atoms with Crippen molar-refractivity contribution in [2.24, 2.45) is 0 Å². The summed E-state index contributed by atoms with van der Waals surface area (Å²) >= 11 is 0. The summed E-state index contributed by atoms with van der Waals surface area (Å²) in [6, 6.07) is 6.36. The molecule has 4 nitrogen and oxygen atoms in total. The first-order chi connectivity index (χ1) is 9.22. The van der Waals surface area contributed by atoms with E-state index in [1.807, 2.05) is 11.9 Å². The van der Waals surface area contributed by atoms with Crippen LogP contribution in [-0.2, 0) is 17.8 Å². The van der Waals surface area contributed by atoms with Crippen LogP contribution in [0.2, 0.25) is 0 Å². The molecule has 1 aromatic rings. The first-order valence-corrected chi connectivity index (χ1v) is 7.01. The Bertz CT molecular complexity index is 445. The molecular weight excluding hydrogens is 238 g/mol. The average molecular weight is 261 g/mol. The van der Waals surface area contributed by atoms with E-state index in [0.29, 0.717) is 6.54 Å². The number of carbonyl (C=O) groups is 1. The van der Waals surface area contributed by atoms with Gasteiger partial charge in [-0.15, -0.1) is 0 Å². The summed E-state index contributed by atoms with van der Waals surface area (Å²) < 4.78 is 0. The molecule has 2 N–H and O–H groups in total. The molecule has 0 atom stereocenters. The minimum absolute atomic E-state index is 0.0886. The summed E-state index contributed by atoms with van der Waals surface area (Å²) in [5.41, 5.74) is 3.90. The van der Waals surface area contributed by atoms with Gasteiger partial charge >= 0.3 is 0 Å². The van der Waals surface area contributed by atoms with Gasteiger partial charge in [0.1, 0.15) is 0 Å². The highest BCUT2D eigenvalue weighted by molar-refractivity contribution is 5.81. The molecule has 0 bridgehead atoms. The van der Waals surface area contributed by atoms with E-state index in [1.165, 1.54) is 11.1 Å². The smallest absolute Gasteiger partial charge is 0.239 e. The maximum absolute atomic E-state index is 11.8. The van der Waals surface area contributed by atoms with E-state index in [4.69, 9.17) is 0 Å². The van der Waals surface area contributed by atoms with E-state index >= 15 is 0 Å². The average Bonchev–Trinajstić information content (AvgIpc) is 2.44. The van der Waals surface area contributed by atoms with Gasteiger partial charge in [0, 0.05) is 25.8 Å². The molecule has 1 aromatic carbocycles. The first-order valence-electron chi connectivity index (χ1n) is 7.01. The van der Waals surface area contributed by atoms with Crippen molar-refractivity contribution in [3.8, 4) is 0 Å². The Labute approximate surface area is 115 Å². The van der Waals surface area contributed by atoms with E-state index in [2.05, 4.69) is 35.8 Å². The van der Waals surface area contributed by atoms with E-state index in [1.54, 1.807) is 0 Å². The van der Waals surface area contributed by atoms with Crippen LogP contribution in [0, 0.1) is 0 Å². The molecule has 0 saturated carbocycles. The third-order valence-electron chi connectivity index (χ3n) is 3.49. The number of rotatable bonds is 5. The van der Waals surface area contributed by atoms with Crippen LogP contribution in [0.3, 0.4) is 0 Å². The normalized spacial score (nSPS) is 13.8. The second-order valence-corrected chi connectivity index (χ2v) is 5.05. The fourth-order valence-electron chi connectivity index (χ4n) is 2.47. The molecule has 0 aromatic heterocycles. The molecule has 0 unspecified atom stereocenters. The van der Waals surface area contributed by atoms with Gasteiger partial charge < -0.3 is 15.5 Å². The quantitative estimate of drug-likeness (QED) is 0.839. The Hall–Kier alpha value is -1.55. The van der Waals surface area contributed by atoms with Crippen molar-refractivity contribution in [3.05, 3.63) is 29.3 Å². The lowest BCUT2D eigenvalue weighted by atomic mass is 9.99. The van der Waals surface area contributed by atoms with Crippen molar-refractivity contribution in [3.63, 3.8) is 0 Å². The molecule has 1 aliphatic heterocycles. The predicted molar refractivity (Wildman–Crippen MR) is 78.4 cm³/mol. The molecule has 0 saturated heterocycles. The SMILES string of the molecule is CCCNC(=O)CN(C)c1cccc2c1CNCC2. The number of benzene rings is 1. The molecule has 0 fully saturated rings. The summed E-state index contributed by atoms with van der Waals surface area (Å²) in [5.74, 6) is 0.0886. The van der Waals surface area contributed by atoms with Crippen LogP contribution in [-0.4, -0.2) is 32.6 Å². The Kier molecular flexibility index (Phi) is 4.80. The van der Waals surface area contributed by atoms with Crippen molar-refractivity contribution in [2.45, 2.75) is 26.3 Å². The standard InChI is InChI=1S/C15H23N3O/c1-3-8-17-15(19)11-18(2)14-6-4-5-12-7-9-16-10-13(12)14/h4-6,16H,3,7-11H2,1-2H3,(H,17,19). The van der Waals surface area contributed by atoms with Gasteiger partial charge in [0.2, 0.25) is 5.91 Å². The number of anilines is 1. The predicted octanol–water partition coefficient (Wildman–Crippen LogP) is 1.29. The van der Waals surface area contributed by atoms with E-state index in [9.17, 15) is 4.79 Å². The molecule has 1 aliphatic rings. The third kappa shape index (κ3) is 3.47. The van der Waals surface area contributed by atoms with Gasteiger partial charge in [-0.2, -0.15) is 0 Å². The lowest BCUT2D eigenvalue weighted by Gasteiger charge is -2.26. The summed E-state index contributed by atoms with van der Waals surface area (Å²) in [5, 5.41) is 6.31. The highest BCUT2D eigenvalue weighted by Crippen LogP contribution is 2.25. The number of fused-ring (bicyclic) bond motifs is 1. The number of nitrogens with one attached hydrogen (secondary N) is 2. The van der Waals surface area contributed by atoms with E-state index < -0.39 is 0 Å². The lowest BCUT2D eigenvalue weighted by molar-refractivity contribution is -0.119. The third-order valence-corrected chi connectivity index (χ3v) is 3.49. The lowest BCUT2D eigenvalue weighted by Crippen LogP contribution is -2.36. The molecule has 0 aliphatic carbocycles. The maximum atomic E-state index is 11.8. The summed E-state index contributed by atoms with van der Waals surface area (Å²) in [4.78, 5) is 13.8. The second-order valence-electron chi connectivity index (χ2n) is 5.05. The van der Waals surface area contributed by atoms with Gasteiger partial charge in [-0.3, -0.25) is 4.79 Å². The molecule has 0 radical (unpaired) electrons. The summed E-state index contributed by atoms with van der Waals surface area (Å²) in [6.07, 6.45) is 2.04. The van der Waals surface area contributed by atoms with Gasteiger partial charge in [-0.25, -0.2) is 0 Å². The topological polar surface area (TPSA) is 44.4 Å². The van der Waals surface area contributed by atoms with Crippen LogP contribution in [0.4, 0.5) is 5.69 Å². The van der Waals surface area contributed by atoms with Gasteiger partial charge in [0.05, 0.1) is 6.54 Å². The fraction of sp³-hybridized carbons (Fsp3) is 0.533. The van der Waals surface area contributed by atoms with Gasteiger partial charge in [0.25, 0.3) is 0 Å².